The Kier molecular flexibility index (Phi) is 3.81. The molecule has 15 heavy (non-hydrogen) atoms. The molecular weight excluding hydrogens is 202 g/mol. The van der Waals surface area contributed by atoms with E-state index in [1.54, 1.807) is 0 Å². The fourth-order valence-corrected chi connectivity index (χ4v) is 3.43. The van der Waals surface area contributed by atoms with Crippen molar-refractivity contribution in [2.45, 2.75) is 46.1 Å². The van der Waals surface area contributed by atoms with Crippen LogP contribution in [0, 0.1) is 19.8 Å². The molecule has 0 radical (unpaired) electrons. The van der Waals surface area contributed by atoms with E-state index >= 15 is 0 Å². The summed E-state index contributed by atoms with van der Waals surface area (Å²) in [6, 6.07) is 2.32. The van der Waals surface area contributed by atoms with E-state index in [2.05, 4.69) is 25.2 Å². The van der Waals surface area contributed by atoms with Crippen molar-refractivity contribution in [2.75, 3.05) is 6.54 Å². The summed E-state index contributed by atoms with van der Waals surface area (Å²) in [6.07, 6.45) is 5.77. The molecule has 0 bridgehead atoms. The van der Waals surface area contributed by atoms with Crippen molar-refractivity contribution in [2.24, 2.45) is 5.92 Å². The van der Waals surface area contributed by atoms with Crippen LogP contribution in [0.1, 0.15) is 41.0 Å². The fourth-order valence-electron chi connectivity index (χ4n) is 2.48. The van der Waals surface area contributed by atoms with Crippen LogP contribution >= 0.6 is 11.3 Å². The molecule has 1 saturated carbocycles. The van der Waals surface area contributed by atoms with E-state index in [1.165, 1.54) is 47.5 Å². The van der Waals surface area contributed by atoms with Crippen LogP contribution in [0.5, 0.6) is 0 Å². The topological polar surface area (TPSA) is 12.0 Å². The lowest BCUT2D eigenvalue weighted by Gasteiger charge is -2.10. The van der Waals surface area contributed by atoms with Crippen molar-refractivity contribution in [3.8, 4) is 0 Å². The monoisotopic (exact) mass is 223 g/mol. The van der Waals surface area contributed by atoms with Crippen LogP contribution in [0.4, 0.5) is 0 Å². The van der Waals surface area contributed by atoms with Crippen molar-refractivity contribution in [3.05, 3.63) is 21.4 Å². The Hall–Kier alpha value is -0.340. The number of hydrogen-bond donors (Lipinski definition) is 1. The van der Waals surface area contributed by atoms with Gasteiger partial charge in [-0.15, -0.1) is 11.3 Å². The van der Waals surface area contributed by atoms with E-state index in [9.17, 15) is 0 Å². The van der Waals surface area contributed by atoms with Gasteiger partial charge in [0.1, 0.15) is 0 Å². The van der Waals surface area contributed by atoms with E-state index in [4.69, 9.17) is 0 Å². The summed E-state index contributed by atoms with van der Waals surface area (Å²) in [6.45, 7) is 6.70. The highest BCUT2D eigenvalue weighted by Gasteiger charge is 2.14. The highest BCUT2D eigenvalue weighted by atomic mass is 32.1. The average molecular weight is 223 g/mol. The third-order valence-corrected chi connectivity index (χ3v) is 4.38. The molecule has 2 rings (SSSR count). The van der Waals surface area contributed by atoms with E-state index in [1.807, 2.05) is 11.3 Å². The summed E-state index contributed by atoms with van der Waals surface area (Å²) in [5.74, 6) is 0.949. The van der Waals surface area contributed by atoms with Crippen molar-refractivity contribution < 1.29 is 0 Å². The van der Waals surface area contributed by atoms with Gasteiger partial charge >= 0.3 is 0 Å². The first-order chi connectivity index (χ1) is 7.25. The van der Waals surface area contributed by atoms with Crippen LogP contribution in [0.15, 0.2) is 6.07 Å². The predicted octanol–water partition coefficient (Wildman–Crippen LogP) is 3.64. The van der Waals surface area contributed by atoms with Gasteiger partial charge in [-0.3, -0.25) is 0 Å². The Balaban J connectivity index is 1.75. The van der Waals surface area contributed by atoms with Crippen LogP contribution in [0.3, 0.4) is 0 Å². The van der Waals surface area contributed by atoms with Crippen molar-refractivity contribution in [1.82, 2.24) is 5.32 Å². The Morgan fingerprint density at radius 1 is 1.33 bits per heavy atom. The molecule has 0 aliphatic heterocycles. The normalized spacial score (nSPS) is 17.5. The molecule has 1 aromatic rings. The lowest BCUT2D eigenvalue weighted by molar-refractivity contribution is 0.489. The fraction of sp³-hybridized carbons (Fsp3) is 0.692. The van der Waals surface area contributed by atoms with Gasteiger partial charge in [0.15, 0.2) is 0 Å². The van der Waals surface area contributed by atoms with Crippen LogP contribution in [0.2, 0.25) is 0 Å². The van der Waals surface area contributed by atoms with E-state index < -0.39 is 0 Å². The van der Waals surface area contributed by atoms with E-state index in [-0.39, 0.29) is 0 Å². The van der Waals surface area contributed by atoms with Crippen molar-refractivity contribution in [3.63, 3.8) is 0 Å². The minimum Gasteiger partial charge on any atom is -0.312 e. The Morgan fingerprint density at radius 3 is 2.67 bits per heavy atom. The van der Waals surface area contributed by atoms with Gasteiger partial charge in [0.2, 0.25) is 0 Å². The van der Waals surface area contributed by atoms with Crippen LogP contribution in [0.25, 0.3) is 0 Å². The van der Waals surface area contributed by atoms with Gasteiger partial charge in [-0.05, 0) is 50.8 Å². The van der Waals surface area contributed by atoms with Crippen LogP contribution in [-0.4, -0.2) is 6.54 Å². The second-order valence-electron chi connectivity index (χ2n) is 4.72. The molecule has 2 heteroatoms. The summed E-state index contributed by atoms with van der Waals surface area (Å²) < 4.78 is 0. The molecule has 1 aliphatic rings. The van der Waals surface area contributed by atoms with E-state index in [0.717, 1.165) is 12.5 Å². The maximum Gasteiger partial charge on any atom is 0.0216 e. The highest BCUT2D eigenvalue weighted by molar-refractivity contribution is 7.12. The number of hydrogen-bond acceptors (Lipinski definition) is 2. The number of thiophene rings is 1. The molecule has 1 N–H and O–H groups in total. The summed E-state index contributed by atoms with van der Waals surface area (Å²) >= 11 is 1.91. The first kappa shape index (κ1) is 11.2. The van der Waals surface area contributed by atoms with Gasteiger partial charge in [-0.2, -0.15) is 0 Å². The molecular formula is C13H21NS. The highest BCUT2D eigenvalue weighted by Crippen LogP contribution is 2.24. The summed E-state index contributed by atoms with van der Waals surface area (Å²) in [5.41, 5.74) is 1.50. The molecule has 0 saturated heterocycles. The van der Waals surface area contributed by atoms with Gasteiger partial charge in [-0.1, -0.05) is 12.8 Å². The number of nitrogens with one attached hydrogen (secondary N) is 1. The van der Waals surface area contributed by atoms with Gasteiger partial charge in [0.25, 0.3) is 0 Å². The van der Waals surface area contributed by atoms with Gasteiger partial charge in [0, 0.05) is 16.3 Å². The Morgan fingerprint density at radius 2 is 2.07 bits per heavy atom. The van der Waals surface area contributed by atoms with E-state index in [0.29, 0.717) is 0 Å². The zero-order valence-electron chi connectivity index (χ0n) is 9.81. The standard InChI is InChI=1S/C13H21NS/c1-10-7-13(11(2)15-10)9-14-8-12-5-3-4-6-12/h7,12,14H,3-6,8-9H2,1-2H3. The third kappa shape index (κ3) is 3.05. The molecule has 1 nitrogen and oxygen atoms in total. The molecule has 84 valence electrons. The third-order valence-electron chi connectivity index (χ3n) is 3.37. The molecule has 0 unspecified atom stereocenters. The van der Waals surface area contributed by atoms with Gasteiger partial charge < -0.3 is 5.32 Å². The van der Waals surface area contributed by atoms with Crippen LogP contribution in [-0.2, 0) is 6.54 Å². The molecule has 1 aromatic heterocycles. The van der Waals surface area contributed by atoms with Gasteiger partial charge in [-0.25, -0.2) is 0 Å². The summed E-state index contributed by atoms with van der Waals surface area (Å²) in [5, 5.41) is 3.60. The molecule has 1 fully saturated rings. The Labute approximate surface area is 96.9 Å². The van der Waals surface area contributed by atoms with Gasteiger partial charge in [0.05, 0.1) is 0 Å². The molecule has 0 spiro atoms. The maximum atomic E-state index is 3.60. The van der Waals surface area contributed by atoms with Crippen molar-refractivity contribution >= 4 is 11.3 Å². The first-order valence-electron chi connectivity index (χ1n) is 6.02. The number of rotatable bonds is 4. The molecule has 0 aromatic carbocycles. The lowest BCUT2D eigenvalue weighted by atomic mass is 10.1. The minimum atomic E-state index is 0.949. The maximum absolute atomic E-state index is 3.60. The van der Waals surface area contributed by atoms with Crippen LogP contribution < -0.4 is 5.32 Å². The molecule has 1 aliphatic carbocycles. The lowest BCUT2D eigenvalue weighted by Crippen LogP contribution is -2.20. The summed E-state index contributed by atoms with van der Waals surface area (Å²) in [4.78, 5) is 2.91. The predicted molar refractivity (Wildman–Crippen MR) is 67.5 cm³/mol. The molecule has 1 heterocycles. The Bertz CT molecular complexity index is 310. The summed E-state index contributed by atoms with van der Waals surface area (Å²) in [7, 11) is 0. The second kappa shape index (κ2) is 5.13. The SMILES string of the molecule is Cc1cc(CNCC2CCCC2)c(C)s1. The molecule has 0 atom stereocenters. The largest absolute Gasteiger partial charge is 0.312 e. The zero-order valence-corrected chi connectivity index (χ0v) is 10.6. The molecule has 0 amide bonds. The van der Waals surface area contributed by atoms with Crippen molar-refractivity contribution in [1.29, 1.82) is 0 Å². The zero-order chi connectivity index (χ0) is 10.7. The smallest absolute Gasteiger partial charge is 0.0216 e. The first-order valence-corrected chi connectivity index (χ1v) is 6.84. The number of aryl methyl sites for hydroxylation is 2. The minimum absolute atomic E-state index is 0.949. The second-order valence-corrected chi connectivity index (χ2v) is 6.18. The quantitative estimate of drug-likeness (QED) is 0.821. The average Bonchev–Trinajstić information content (AvgIpc) is 2.77.